The molecule has 2 aromatic carbocycles. The van der Waals surface area contributed by atoms with E-state index >= 15 is 0 Å². The van der Waals surface area contributed by atoms with Crippen LogP contribution in [0.3, 0.4) is 0 Å². The second-order valence-corrected chi connectivity index (χ2v) is 11.3. The highest BCUT2D eigenvalue weighted by Gasteiger charge is 2.19. The fourth-order valence-electron chi connectivity index (χ4n) is 3.90. The van der Waals surface area contributed by atoms with Crippen LogP contribution in [-0.4, -0.2) is 30.5 Å². The SMILES string of the molecule is COc1cc(CC(C)(C)C)ccc1-c1nccc2cc(S(=O)(=O)Cc3ccncn3)ccc12. The first-order valence-corrected chi connectivity index (χ1v) is 12.4. The molecule has 33 heavy (non-hydrogen) atoms. The minimum atomic E-state index is -3.55. The smallest absolute Gasteiger partial charge is 0.184 e. The zero-order chi connectivity index (χ0) is 23.6. The number of hydrogen-bond donors (Lipinski definition) is 0. The second-order valence-electron chi connectivity index (χ2n) is 9.27. The highest BCUT2D eigenvalue weighted by molar-refractivity contribution is 7.90. The highest BCUT2D eigenvalue weighted by atomic mass is 32.2. The molecule has 0 saturated carbocycles. The normalized spacial score (nSPS) is 12.1. The lowest BCUT2D eigenvalue weighted by molar-refractivity contribution is 0.402. The molecule has 2 heterocycles. The number of benzene rings is 2. The lowest BCUT2D eigenvalue weighted by atomic mass is 9.87. The van der Waals surface area contributed by atoms with E-state index < -0.39 is 9.84 Å². The van der Waals surface area contributed by atoms with Crippen molar-refractivity contribution in [1.82, 2.24) is 15.0 Å². The number of ether oxygens (including phenoxy) is 1. The predicted molar refractivity (Wildman–Crippen MR) is 130 cm³/mol. The highest BCUT2D eigenvalue weighted by Crippen LogP contribution is 2.36. The van der Waals surface area contributed by atoms with E-state index in [9.17, 15) is 8.42 Å². The lowest BCUT2D eigenvalue weighted by Crippen LogP contribution is -2.09. The maximum Gasteiger partial charge on any atom is 0.184 e. The van der Waals surface area contributed by atoms with E-state index in [4.69, 9.17) is 4.74 Å². The summed E-state index contributed by atoms with van der Waals surface area (Å²) in [6, 6.07) is 14.8. The van der Waals surface area contributed by atoms with E-state index in [2.05, 4.69) is 47.9 Å². The molecule has 0 amide bonds. The molecule has 2 aromatic heterocycles. The third kappa shape index (κ3) is 5.20. The van der Waals surface area contributed by atoms with E-state index in [1.807, 2.05) is 18.2 Å². The van der Waals surface area contributed by atoms with Gasteiger partial charge in [-0.25, -0.2) is 18.4 Å². The Labute approximate surface area is 194 Å². The van der Waals surface area contributed by atoms with Gasteiger partial charge in [0.1, 0.15) is 12.1 Å². The quantitative estimate of drug-likeness (QED) is 0.389. The number of hydrogen-bond acceptors (Lipinski definition) is 6. The molecule has 7 heteroatoms. The molecule has 0 radical (unpaired) electrons. The summed E-state index contributed by atoms with van der Waals surface area (Å²) in [5, 5.41) is 1.66. The van der Waals surface area contributed by atoms with Crippen LogP contribution in [0.5, 0.6) is 5.75 Å². The van der Waals surface area contributed by atoms with Gasteiger partial charge in [-0.2, -0.15) is 0 Å². The van der Waals surface area contributed by atoms with Crippen LogP contribution in [0, 0.1) is 5.41 Å². The Kier molecular flexibility index (Phi) is 6.17. The van der Waals surface area contributed by atoms with Crippen molar-refractivity contribution in [3.63, 3.8) is 0 Å². The van der Waals surface area contributed by atoms with Gasteiger partial charge in [-0.3, -0.25) is 4.98 Å². The van der Waals surface area contributed by atoms with Crippen molar-refractivity contribution in [2.24, 2.45) is 5.41 Å². The average molecular weight is 462 g/mol. The van der Waals surface area contributed by atoms with E-state index in [-0.39, 0.29) is 16.1 Å². The summed E-state index contributed by atoms with van der Waals surface area (Å²) in [7, 11) is -1.90. The molecule has 4 aromatic rings. The van der Waals surface area contributed by atoms with Crippen molar-refractivity contribution < 1.29 is 13.2 Å². The molecule has 0 aliphatic heterocycles. The minimum absolute atomic E-state index is 0.165. The van der Waals surface area contributed by atoms with E-state index in [0.717, 1.165) is 34.2 Å². The van der Waals surface area contributed by atoms with E-state index in [1.54, 1.807) is 31.5 Å². The maximum absolute atomic E-state index is 13.0. The Morgan fingerprint density at radius 3 is 2.45 bits per heavy atom. The predicted octanol–water partition coefficient (Wildman–Crippen LogP) is 5.26. The molecule has 0 unspecified atom stereocenters. The number of fused-ring (bicyclic) bond motifs is 1. The summed E-state index contributed by atoms with van der Waals surface area (Å²) >= 11 is 0. The lowest BCUT2D eigenvalue weighted by Gasteiger charge is -2.19. The van der Waals surface area contributed by atoms with Crippen LogP contribution >= 0.6 is 0 Å². The van der Waals surface area contributed by atoms with Crippen LogP contribution in [-0.2, 0) is 22.0 Å². The Balaban J connectivity index is 1.74. The number of nitrogens with zero attached hydrogens (tertiary/aromatic N) is 3. The standard InChI is InChI=1S/C26H27N3O3S/c1-26(2,3)15-18-5-7-23(24(13-18)32-4)25-22-8-6-21(14-19(22)9-12-28-25)33(30,31)16-20-10-11-27-17-29-20/h5-14,17H,15-16H2,1-4H3. The molecular weight excluding hydrogens is 434 g/mol. The molecule has 4 rings (SSSR count). The van der Waals surface area contributed by atoms with Crippen LogP contribution in [0.2, 0.25) is 0 Å². The number of methoxy groups -OCH3 is 1. The third-order valence-corrected chi connectivity index (χ3v) is 6.98. The number of rotatable bonds is 6. The van der Waals surface area contributed by atoms with Gasteiger partial charge in [0.25, 0.3) is 0 Å². The van der Waals surface area contributed by atoms with Crippen molar-refractivity contribution in [2.45, 2.75) is 37.8 Å². The molecule has 0 fully saturated rings. The third-order valence-electron chi connectivity index (χ3n) is 5.33. The minimum Gasteiger partial charge on any atom is -0.496 e. The van der Waals surface area contributed by atoms with Crippen LogP contribution in [0.4, 0.5) is 0 Å². The largest absolute Gasteiger partial charge is 0.496 e. The number of aromatic nitrogens is 3. The summed E-state index contributed by atoms with van der Waals surface area (Å²) in [6.45, 7) is 6.61. The molecule has 0 N–H and O–H groups in total. The van der Waals surface area contributed by atoms with E-state index in [1.165, 1.54) is 18.1 Å². The molecule has 0 spiro atoms. The van der Waals surface area contributed by atoms with Gasteiger partial charge >= 0.3 is 0 Å². The van der Waals surface area contributed by atoms with Gasteiger partial charge in [-0.05, 0) is 59.2 Å². The van der Waals surface area contributed by atoms with Crippen molar-refractivity contribution in [3.05, 3.63) is 78.5 Å². The van der Waals surface area contributed by atoms with Gasteiger partial charge < -0.3 is 4.74 Å². The summed E-state index contributed by atoms with van der Waals surface area (Å²) < 4.78 is 31.6. The van der Waals surface area contributed by atoms with Crippen molar-refractivity contribution >= 4 is 20.6 Å². The molecular formula is C26H27N3O3S. The summed E-state index contributed by atoms with van der Waals surface area (Å²) in [6.07, 6.45) is 5.51. The van der Waals surface area contributed by atoms with Gasteiger partial charge in [-0.1, -0.05) is 32.9 Å². The van der Waals surface area contributed by atoms with E-state index in [0.29, 0.717) is 5.69 Å². The molecule has 0 aliphatic rings. The zero-order valence-electron chi connectivity index (χ0n) is 19.2. The van der Waals surface area contributed by atoms with Gasteiger partial charge in [0, 0.05) is 23.3 Å². The average Bonchev–Trinajstić information content (AvgIpc) is 2.77. The van der Waals surface area contributed by atoms with Crippen molar-refractivity contribution in [3.8, 4) is 17.0 Å². The zero-order valence-corrected chi connectivity index (χ0v) is 20.1. The van der Waals surface area contributed by atoms with Crippen molar-refractivity contribution in [1.29, 1.82) is 0 Å². The molecule has 0 bridgehead atoms. The molecule has 0 atom stereocenters. The Bertz CT molecular complexity index is 1400. The fraction of sp³-hybridized carbons (Fsp3) is 0.269. The van der Waals surface area contributed by atoms with Crippen LogP contribution in [0.25, 0.3) is 22.0 Å². The maximum atomic E-state index is 13.0. The topological polar surface area (TPSA) is 82.0 Å². The first kappa shape index (κ1) is 22.9. The Hall–Kier alpha value is -3.32. The first-order valence-electron chi connectivity index (χ1n) is 10.7. The van der Waals surface area contributed by atoms with Crippen molar-refractivity contribution in [2.75, 3.05) is 7.11 Å². The number of pyridine rings is 1. The van der Waals surface area contributed by atoms with Gasteiger partial charge in [0.15, 0.2) is 9.84 Å². The molecule has 0 saturated heterocycles. The number of sulfone groups is 1. The summed E-state index contributed by atoms with van der Waals surface area (Å²) in [5.41, 5.74) is 3.45. The summed E-state index contributed by atoms with van der Waals surface area (Å²) in [5.74, 6) is 0.569. The monoisotopic (exact) mass is 461 g/mol. The second kappa shape index (κ2) is 8.90. The van der Waals surface area contributed by atoms with Gasteiger partial charge in [-0.15, -0.1) is 0 Å². The van der Waals surface area contributed by atoms with Crippen LogP contribution in [0.15, 0.2) is 72.1 Å². The molecule has 6 nitrogen and oxygen atoms in total. The van der Waals surface area contributed by atoms with Gasteiger partial charge in [0.2, 0.25) is 0 Å². The molecule has 0 aliphatic carbocycles. The fourth-order valence-corrected chi connectivity index (χ4v) is 5.21. The Morgan fingerprint density at radius 1 is 0.939 bits per heavy atom. The van der Waals surface area contributed by atoms with Gasteiger partial charge in [0.05, 0.1) is 29.1 Å². The van der Waals surface area contributed by atoms with Crippen LogP contribution in [0.1, 0.15) is 32.0 Å². The molecule has 170 valence electrons. The Morgan fingerprint density at radius 2 is 1.76 bits per heavy atom. The van der Waals surface area contributed by atoms with Crippen LogP contribution < -0.4 is 4.74 Å². The summed E-state index contributed by atoms with van der Waals surface area (Å²) in [4.78, 5) is 12.7. The first-order chi connectivity index (χ1) is 15.7.